The molecule has 1 saturated carbocycles. The molecule has 3 fully saturated rings. The second-order valence-electron chi connectivity index (χ2n) is 9.03. The van der Waals surface area contributed by atoms with Crippen molar-refractivity contribution in [1.29, 1.82) is 0 Å². The molecule has 2 aliphatic heterocycles. The van der Waals surface area contributed by atoms with E-state index in [9.17, 15) is 14.7 Å². The van der Waals surface area contributed by atoms with Crippen molar-refractivity contribution in [3.63, 3.8) is 0 Å². The number of benzene rings is 1. The summed E-state index contributed by atoms with van der Waals surface area (Å²) >= 11 is 6.57. The van der Waals surface area contributed by atoms with Gasteiger partial charge in [0.1, 0.15) is 0 Å². The minimum absolute atomic E-state index is 0.212. The molecule has 8 heteroatoms. The van der Waals surface area contributed by atoms with Crippen LogP contribution in [0.25, 0.3) is 0 Å². The lowest BCUT2D eigenvalue weighted by Gasteiger charge is -2.41. The van der Waals surface area contributed by atoms with Crippen LogP contribution < -0.4 is 10.2 Å². The van der Waals surface area contributed by atoms with E-state index in [1.807, 2.05) is 12.1 Å². The number of rotatable bonds is 4. The molecule has 0 radical (unpaired) electrons. The van der Waals surface area contributed by atoms with Crippen LogP contribution in [-0.4, -0.2) is 60.4 Å². The predicted octanol–water partition coefficient (Wildman–Crippen LogP) is 4.03. The monoisotopic (exact) mass is 449 g/mol. The Morgan fingerprint density at radius 1 is 1.26 bits per heavy atom. The molecule has 2 saturated heterocycles. The third-order valence-electron chi connectivity index (χ3n) is 7.04. The van der Waals surface area contributed by atoms with Crippen LogP contribution in [0.1, 0.15) is 51.9 Å². The number of nitrogens with one attached hydrogen (secondary N) is 1. The molecule has 2 N–H and O–H groups in total. The van der Waals surface area contributed by atoms with Gasteiger partial charge in [-0.15, -0.1) is 0 Å². The number of likely N-dealkylation sites (tertiary alicyclic amines) is 1. The highest BCUT2D eigenvalue weighted by Crippen LogP contribution is 2.44. The minimum Gasteiger partial charge on any atom is -0.450 e. The van der Waals surface area contributed by atoms with Gasteiger partial charge in [-0.1, -0.05) is 11.6 Å². The topological polar surface area (TPSA) is 82.1 Å². The van der Waals surface area contributed by atoms with E-state index in [-0.39, 0.29) is 23.5 Å². The number of carbonyl (C=O) groups excluding carboxylic acids is 2. The van der Waals surface area contributed by atoms with E-state index in [0.29, 0.717) is 23.9 Å². The van der Waals surface area contributed by atoms with E-state index in [4.69, 9.17) is 16.3 Å². The van der Waals surface area contributed by atoms with E-state index < -0.39 is 6.09 Å². The Bertz CT molecular complexity index is 827. The first-order chi connectivity index (χ1) is 14.9. The average Bonchev–Trinajstić information content (AvgIpc) is 3.04. The normalized spacial score (nSPS) is 28.8. The van der Waals surface area contributed by atoms with Crippen LogP contribution in [0.2, 0.25) is 5.02 Å². The molecule has 170 valence electrons. The molecule has 3 aliphatic rings. The molecule has 1 spiro atoms. The van der Waals surface area contributed by atoms with E-state index in [2.05, 4.69) is 15.1 Å². The third kappa shape index (κ3) is 4.62. The van der Waals surface area contributed by atoms with Gasteiger partial charge in [0.25, 0.3) is 0 Å². The van der Waals surface area contributed by atoms with Crippen LogP contribution in [-0.2, 0) is 9.53 Å². The predicted molar refractivity (Wildman–Crippen MR) is 121 cm³/mol. The van der Waals surface area contributed by atoms with Crippen LogP contribution in [0.4, 0.5) is 16.2 Å². The van der Waals surface area contributed by atoms with Gasteiger partial charge in [-0.2, -0.15) is 0 Å². The minimum atomic E-state index is -0.505. The Balaban J connectivity index is 1.45. The summed E-state index contributed by atoms with van der Waals surface area (Å²) in [5.74, 6) is 0.273. The molecule has 7 nitrogen and oxygen atoms in total. The summed E-state index contributed by atoms with van der Waals surface area (Å²) in [5, 5.41) is 13.0. The Morgan fingerprint density at radius 2 is 2.03 bits per heavy atom. The van der Waals surface area contributed by atoms with Gasteiger partial charge in [-0.25, -0.2) is 4.79 Å². The van der Waals surface area contributed by atoms with Gasteiger partial charge in [0.15, 0.2) is 0 Å². The SMILES string of the molecule is CCOC(=O)Nc1ccc(N2CCCC3(CCN(C4CCC(O)CC4)C3=O)C2)c(Cl)c1. The Labute approximate surface area is 188 Å². The number of anilines is 2. The highest BCUT2D eigenvalue weighted by Gasteiger charge is 2.50. The molecule has 1 atom stereocenters. The lowest BCUT2D eigenvalue weighted by molar-refractivity contribution is -0.139. The zero-order chi connectivity index (χ0) is 22.0. The lowest BCUT2D eigenvalue weighted by Crippen LogP contribution is -2.50. The molecule has 1 aliphatic carbocycles. The number of carbonyl (C=O) groups is 2. The van der Waals surface area contributed by atoms with Crippen molar-refractivity contribution in [3.8, 4) is 0 Å². The smallest absolute Gasteiger partial charge is 0.411 e. The number of aliphatic hydroxyl groups is 1. The number of aliphatic hydroxyl groups excluding tert-OH is 1. The molecule has 1 aromatic carbocycles. The van der Waals surface area contributed by atoms with Crippen molar-refractivity contribution in [2.24, 2.45) is 5.41 Å². The maximum atomic E-state index is 13.5. The molecule has 2 heterocycles. The number of piperidine rings is 1. The van der Waals surface area contributed by atoms with Crippen molar-refractivity contribution in [3.05, 3.63) is 23.2 Å². The first-order valence-corrected chi connectivity index (χ1v) is 11.8. The first kappa shape index (κ1) is 22.2. The molecule has 1 unspecified atom stereocenters. The van der Waals surface area contributed by atoms with Crippen LogP contribution in [0.3, 0.4) is 0 Å². The van der Waals surface area contributed by atoms with Crippen LogP contribution in [0.5, 0.6) is 0 Å². The summed E-state index contributed by atoms with van der Waals surface area (Å²) in [6.45, 7) is 4.39. The highest BCUT2D eigenvalue weighted by atomic mass is 35.5. The summed E-state index contributed by atoms with van der Waals surface area (Å²) in [7, 11) is 0. The summed E-state index contributed by atoms with van der Waals surface area (Å²) < 4.78 is 4.91. The third-order valence-corrected chi connectivity index (χ3v) is 7.34. The molecule has 1 aromatic rings. The molecule has 0 bridgehead atoms. The zero-order valence-electron chi connectivity index (χ0n) is 18.1. The van der Waals surface area contributed by atoms with Gasteiger partial charge < -0.3 is 19.6 Å². The Hall–Kier alpha value is -1.99. The van der Waals surface area contributed by atoms with Crippen LogP contribution >= 0.6 is 11.6 Å². The largest absolute Gasteiger partial charge is 0.450 e. The number of halogens is 1. The fourth-order valence-corrected chi connectivity index (χ4v) is 5.71. The number of ether oxygens (including phenoxy) is 1. The molecule has 31 heavy (non-hydrogen) atoms. The number of nitrogens with zero attached hydrogens (tertiary/aromatic N) is 2. The van der Waals surface area contributed by atoms with Crippen molar-refractivity contribution in [2.45, 2.75) is 64.0 Å². The van der Waals surface area contributed by atoms with Crippen molar-refractivity contribution >= 4 is 35.0 Å². The summed E-state index contributed by atoms with van der Waals surface area (Å²) in [4.78, 5) is 29.5. The zero-order valence-corrected chi connectivity index (χ0v) is 18.9. The van der Waals surface area contributed by atoms with E-state index >= 15 is 0 Å². The Morgan fingerprint density at radius 3 is 2.74 bits per heavy atom. The molecule has 2 amide bonds. The fourth-order valence-electron chi connectivity index (χ4n) is 5.41. The molecular weight excluding hydrogens is 418 g/mol. The second kappa shape index (κ2) is 9.25. The summed E-state index contributed by atoms with van der Waals surface area (Å²) in [5.41, 5.74) is 1.13. The van der Waals surface area contributed by atoms with Gasteiger partial charge in [-0.05, 0) is 70.1 Å². The quantitative estimate of drug-likeness (QED) is 0.725. The highest BCUT2D eigenvalue weighted by molar-refractivity contribution is 6.33. The number of amides is 2. The van der Waals surface area contributed by atoms with E-state index in [1.54, 1.807) is 13.0 Å². The molecular formula is C23H32ClN3O4. The van der Waals surface area contributed by atoms with Crippen molar-refractivity contribution < 1.29 is 19.4 Å². The van der Waals surface area contributed by atoms with E-state index in [1.165, 1.54) is 0 Å². The fraction of sp³-hybridized carbons (Fsp3) is 0.652. The van der Waals surface area contributed by atoms with Gasteiger partial charge in [-0.3, -0.25) is 10.1 Å². The summed E-state index contributed by atoms with van der Waals surface area (Å²) in [6.07, 6.45) is 5.38. The van der Waals surface area contributed by atoms with E-state index in [0.717, 1.165) is 63.7 Å². The van der Waals surface area contributed by atoms with Gasteiger partial charge >= 0.3 is 6.09 Å². The maximum Gasteiger partial charge on any atom is 0.411 e. The number of hydrogen-bond acceptors (Lipinski definition) is 5. The van der Waals surface area contributed by atoms with Crippen LogP contribution in [0, 0.1) is 5.41 Å². The first-order valence-electron chi connectivity index (χ1n) is 11.4. The molecule has 4 rings (SSSR count). The average molecular weight is 450 g/mol. The summed E-state index contributed by atoms with van der Waals surface area (Å²) in [6, 6.07) is 5.71. The van der Waals surface area contributed by atoms with Crippen molar-refractivity contribution in [2.75, 3.05) is 36.5 Å². The van der Waals surface area contributed by atoms with Crippen molar-refractivity contribution in [1.82, 2.24) is 4.90 Å². The Kier molecular flexibility index (Phi) is 6.63. The second-order valence-corrected chi connectivity index (χ2v) is 9.44. The standard InChI is InChI=1S/C23H32ClN3O4/c1-2-31-22(30)25-16-4-9-20(19(24)14-16)26-12-3-10-23(15-26)11-13-27(21(23)29)17-5-7-18(28)8-6-17/h4,9,14,17-18,28H,2-3,5-8,10-13,15H2,1H3,(H,25,30). The maximum absolute atomic E-state index is 13.5. The van der Waals surface area contributed by atoms with Gasteiger partial charge in [0, 0.05) is 31.4 Å². The molecule has 0 aromatic heterocycles. The lowest BCUT2D eigenvalue weighted by atomic mass is 9.78. The number of hydrogen-bond donors (Lipinski definition) is 2. The van der Waals surface area contributed by atoms with Gasteiger partial charge in [0.05, 0.1) is 28.8 Å². The van der Waals surface area contributed by atoms with Crippen LogP contribution in [0.15, 0.2) is 18.2 Å². The van der Waals surface area contributed by atoms with Gasteiger partial charge in [0.2, 0.25) is 5.91 Å².